The largest absolute Gasteiger partial charge is 0.396 e. The molecule has 2 N–H and O–H groups in total. The molecule has 3 rings (SSSR count). The van der Waals surface area contributed by atoms with Crippen LogP contribution in [0.25, 0.3) is 10.2 Å². The van der Waals surface area contributed by atoms with E-state index in [1.54, 1.807) is 23.7 Å². The molecule has 0 bridgehead atoms. The van der Waals surface area contributed by atoms with Crippen molar-refractivity contribution in [1.82, 2.24) is 15.0 Å². The summed E-state index contributed by atoms with van der Waals surface area (Å²) in [6.45, 7) is 0. The first-order valence-electron chi connectivity index (χ1n) is 4.92. The van der Waals surface area contributed by atoms with Gasteiger partial charge in [-0.2, -0.15) is 0 Å². The van der Waals surface area contributed by atoms with Crippen LogP contribution in [0.3, 0.4) is 0 Å². The molecule has 0 unspecified atom stereocenters. The molecular weight excluding hydrogens is 252 g/mol. The molecule has 0 radical (unpaired) electrons. The first-order chi connectivity index (χ1) is 8.31. The van der Waals surface area contributed by atoms with Gasteiger partial charge in [0.2, 0.25) is 0 Å². The highest BCUT2D eigenvalue weighted by molar-refractivity contribution is 8.01. The van der Waals surface area contributed by atoms with Crippen molar-refractivity contribution >= 4 is 39.0 Å². The minimum Gasteiger partial charge on any atom is -0.396 e. The molecule has 0 atom stereocenters. The van der Waals surface area contributed by atoms with E-state index in [0.717, 1.165) is 9.86 Å². The number of benzene rings is 1. The van der Waals surface area contributed by atoms with Crippen molar-refractivity contribution < 1.29 is 0 Å². The van der Waals surface area contributed by atoms with Crippen LogP contribution in [-0.4, -0.2) is 15.0 Å². The van der Waals surface area contributed by atoms with Gasteiger partial charge in [0.25, 0.3) is 0 Å². The number of hydrogen-bond donors (Lipinski definition) is 1. The zero-order valence-electron chi connectivity index (χ0n) is 8.70. The maximum atomic E-state index is 5.53. The summed E-state index contributed by atoms with van der Waals surface area (Å²) < 4.78 is 2.11. The van der Waals surface area contributed by atoms with Gasteiger partial charge in [-0.1, -0.05) is 12.1 Å². The molecule has 84 valence electrons. The second-order valence-electron chi connectivity index (χ2n) is 3.35. The summed E-state index contributed by atoms with van der Waals surface area (Å²) in [7, 11) is 0. The van der Waals surface area contributed by atoms with Crippen LogP contribution in [0, 0.1) is 0 Å². The topological polar surface area (TPSA) is 64.7 Å². The fourth-order valence-corrected chi connectivity index (χ4v) is 3.22. The molecule has 0 spiro atoms. The van der Waals surface area contributed by atoms with Gasteiger partial charge in [-0.05, 0) is 23.9 Å². The van der Waals surface area contributed by atoms with Crippen molar-refractivity contribution in [3.8, 4) is 0 Å². The summed E-state index contributed by atoms with van der Waals surface area (Å²) in [4.78, 5) is 12.8. The van der Waals surface area contributed by atoms with Crippen LogP contribution in [0.15, 0.2) is 46.2 Å². The number of anilines is 1. The predicted octanol–water partition coefficient (Wildman–Crippen LogP) is 2.82. The molecular formula is C11H8N4S2. The summed E-state index contributed by atoms with van der Waals surface area (Å²) in [6.07, 6.45) is 3.20. The summed E-state index contributed by atoms with van der Waals surface area (Å²) in [5, 5.41) is 0.665. The van der Waals surface area contributed by atoms with Gasteiger partial charge < -0.3 is 5.73 Å². The Morgan fingerprint density at radius 3 is 2.65 bits per heavy atom. The average molecular weight is 260 g/mol. The molecule has 4 nitrogen and oxygen atoms in total. The van der Waals surface area contributed by atoms with E-state index in [-0.39, 0.29) is 0 Å². The lowest BCUT2D eigenvalue weighted by molar-refractivity contribution is 0.970. The van der Waals surface area contributed by atoms with Gasteiger partial charge in [-0.3, -0.25) is 0 Å². The van der Waals surface area contributed by atoms with Crippen molar-refractivity contribution in [3.63, 3.8) is 0 Å². The molecule has 6 heteroatoms. The number of aromatic nitrogens is 3. The molecule has 0 aliphatic carbocycles. The second-order valence-corrected chi connectivity index (χ2v) is 5.59. The second kappa shape index (κ2) is 4.31. The number of nitrogen functional groups attached to an aromatic ring is 1. The van der Waals surface area contributed by atoms with Crippen LogP contribution in [0.1, 0.15) is 0 Å². The first-order valence-corrected chi connectivity index (χ1v) is 6.55. The summed E-state index contributed by atoms with van der Waals surface area (Å²) in [5.41, 5.74) is 7.11. The molecule has 2 aromatic heterocycles. The Labute approximate surface area is 106 Å². The van der Waals surface area contributed by atoms with E-state index < -0.39 is 0 Å². The number of nitrogens with zero attached hydrogens (tertiary/aromatic N) is 3. The SMILES string of the molecule is Nc1cnc(Sc2nc3ccccc3s2)nc1. The molecule has 17 heavy (non-hydrogen) atoms. The van der Waals surface area contributed by atoms with E-state index >= 15 is 0 Å². The molecule has 0 saturated carbocycles. The number of para-hydroxylation sites is 1. The van der Waals surface area contributed by atoms with Gasteiger partial charge >= 0.3 is 0 Å². The van der Waals surface area contributed by atoms with Gasteiger partial charge in [0.1, 0.15) is 0 Å². The van der Waals surface area contributed by atoms with E-state index in [9.17, 15) is 0 Å². The van der Waals surface area contributed by atoms with E-state index in [1.807, 2.05) is 18.2 Å². The summed E-state index contributed by atoms with van der Waals surface area (Å²) in [5.74, 6) is 0. The molecule has 0 saturated heterocycles. The number of fused-ring (bicyclic) bond motifs is 1. The van der Waals surface area contributed by atoms with Crippen LogP contribution in [0.4, 0.5) is 5.69 Å². The zero-order valence-corrected chi connectivity index (χ0v) is 10.3. The number of rotatable bonds is 2. The summed E-state index contributed by atoms with van der Waals surface area (Å²) >= 11 is 3.09. The fourth-order valence-electron chi connectivity index (χ4n) is 1.35. The van der Waals surface area contributed by atoms with Gasteiger partial charge in [-0.15, -0.1) is 11.3 Å². The van der Waals surface area contributed by atoms with Gasteiger partial charge in [-0.25, -0.2) is 15.0 Å². The third-order valence-electron chi connectivity index (χ3n) is 2.10. The molecule has 0 aliphatic rings. The highest BCUT2D eigenvalue weighted by atomic mass is 32.2. The lowest BCUT2D eigenvalue weighted by Crippen LogP contribution is -1.90. The smallest absolute Gasteiger partial charge is 0.194 e. The maximum Gasteiger partial charge on any atom is 0.194 e. The monoisotopic (exact) mass is 260 g/mol. The third kappa shape index (κ3) is 2.22. The van der Waals surface area contributed by atoms with Gasteiger partial charge in [0.05, 0.1) is 28.3 Å². The van der Waals surface area contributed by atoms with Crippen molar-refractivity contribution in [2.75, 3.05) is 5.73 Å². The average Bonchev–Trinajstić information content (AvgIpc) is 2.74. The van der Waals surface area contributed by atoms with Crippen LogP contribution < -0.4 is 5.73 Å². The van der Waals surface area contributed by atoms with E-state index in [2.05, 4.69) is 21.0 Å². The zero-order chi connectivity index (χ0) is 11.7. The third-order valence-corrected chi connectivity index (χ3v) is 4.09. The molecule has 2 heterocycles. The number of thiazole rings is 1. The lowest BCUT2D eigenvalue weighted by Gasteiger charge is -1.95. The highest BCUT2D eigenvalue weighted by Crippen LogP contribution is 2.32. The van der Waals surface area contributed by atoms with Crippen molar-refractivity contribution in [2.24, 2.45) is 0 Å². The predicted molar refractivity (Wildman–Crippen MR) is 70.2 cm³/mol. The van der Waals surface area contributed by atoms with E-state index in [1.165, 1.54) is 16.5 Å². The van der Waals surface area contributed by atoms with Crippen LogP contribution in [0.2, 0.25) is 0 Å². The van der Waals surface area contributed by atoms with Crippen molar-refractivity contribution in [3.05, 3.63) is 36.7 Å². The Bertz CT molecular complexity index is 615. The van der Waals surface area contributed by atoms with Crippen LogP contribution in [-0.2, 0) is 0 Å². The van der Waals surface area contributed by atoms with E-state index in [0.29, 0.717) is 10.8 Å². The fraction of sp³-hybridized carbons (Fsp3) is 0. The minimum absolute atomic E-state index is 0.568. The standard InChI is InChI=1S/C11H8N4S2/c12-7-5-13-10(14-6-7)17-11-15-8-3-1-2-4-9(8)16-11/h1-6H,12H2. The lowest BCUT2D eigenvalue weighted by atomic mass is 10.3. The Hall–Kier alpha value is -1.66. The molecule has 3 aromatic rings. The normalized spacial score (nSPS) is 10.8. The Balaban J connectivity index is 1.92. The van der Waals surface area contributed by atoms with Gasteiger partial charge in [0.15, 0.2) is 9.50 Å². The Kier molecular flexibility index (Phi) is 2.66. The van der Waals surface area contributed by atoms with Gasteiger partial charge in [0, 0.05) is 0 Å². The van der Waals surface area contributed by atoms with E-state index in [4.69, 9.17) is 5.73 Å². The van der Waals surface area contributed by atoms with Crippen molar-refractivity contribution in [2.45, 2.75) is 9.50 Å². The number of nitrogens with two attached hydrogens (primary N) is 1. The quantitative estimate of drug-likeness (QED) is 0.718. The van der Waals surface area contributed by atoms with Crippen molar-refractivity contribution in [1.29, 1.82) is 0 Å². The molecule has 0 aliphatic heterocycles. The molecule has 0 amide bonds. The molecule has 1 aromatic carbocycles. The van der Waals surface area contributed by atoms with Crippen LogP contribution in [0.5, 0.6) is 0 Å². The van der Waals surface area contributed by atoms with Crippen LogP contribution >= 0.6 is 23.1 Å². The maximum absolute atomic E-state index is 5.53. The Morgan fingerprint density at radius 1 is 1.12 bits per heavy atom. The summed E-state index contributed by atoms with van der Waals surface area (Å²) in [6, 6.07) is 8.05. The minimum atomic E-state index is 0.568. The highest BCUT2D eigenvalue weighted by Gasteiger charge is 2.06. The first kappa shape index (κ1) is 10.5. The Morgan fingerprint density at radius 2 is 1.88 bits per heavy atom. The number of hydrogen-bond acceptors (Lipinski definition) is 6. The molecule has 0 fully saturated rings.